The van der Waals surface area contributed by atoms with Gasteiger partial charge in [-0.2, -0.15) is 0 Å². The summed E-state index contributed by atoms with van der Waals surface area (Å²) in [5, 5.41) is 21.9. The van der Waals surface area contributed by atoms with Gasteiger partial charge in [0, 0.05) is 19.3 Å². The van der Waals surface area contributed by atoms with Crippen molar-refractivity contribution < 1.29 is 34.1 Å². The van der Waals surface area contributed by atoms with Crippen molar-refractivity contribution in [2.45, 2.75) is 97.6 Å². The number of esters is 2. The summed E-state index contributed by atoms with van der Waals surface area (Å²) in [5.41, 5.74) is -2.13. The Morgan fingerprint density at radius 2 is 1.83 bits per heavy atom. The molecule has 0 saturated heterocycles. The predicted octanol–water partition coefficient (Wildman–Crippen LogP) is 2.47. The fraction of sp³-hybridized carbons (Fsp3) is 0.773. The van der Waals surface area contributed by atoms with Gasteiger partial charge in [0.15, 0.2) is 11.4 Å². The SMILES string of the molecule is CC(=O)O[C@@H](C)[C@](C)(O)C(=O)O[C@@H]1CC[C@]2(C)CC(=O)C(=C(C)C)C[C@H]2[C@]1(C)O. The number of ether oxygens (including phenoxy) is 2. The Labute approximate surface area is 172 Å². The topological polar surface area (TPSA) is 110 Å². The van der Waals surface area contributed by atoms with Gasteiger partial charge < -0.3 is 19.7 Å². The lowest BCUT2D eigenvalue weighted by molar-refractivity contribution is -0.217. The van der Waals surface area contributed by atoms with E-state index in [1.807, 2.05) is 20.8 Å². The first-order chi connectivity index (χ1) is 13.1. The van der Waals surface area contributed by atoms with E-state index in [-0.39, 0.29) is 17.1 Å². The fourth-order valence-corrected chi connectivity index (χ4v) is 4.75. The third-order valence-corrected chi connectivity index (χ3v) is 6.89. The maximum Gasteiger partial charge on any atom is 0.342 e. The van der Waals surface area contributed by atoms with Crippen LogP contribution in [0.15, 0.2) is 11.1 Å². The molecule has 2 rings (SSSR count). The van der Waals surface area contributed by atoms with Crippen molar-refractivity contribution in [3.63, 3.8) is 0 Å². The van der Waals surface area contributed by atoms with Crippen LogP contribution in [-0.2, 0) is 23.9 Å². The van der Waals surface area contributed by atoms with Crippen LogP contribution in [-0.4, -0.2) is 51.3 Å². The number of aliphatic hydroxyl groups is 2. The normalized spacial score (nSPS) is 35.2. The second-order valence-corrected chi connectivity index (χ2v) is 9.55. The van der Waals surface area contributed by atoms with E-state index in [0.29, 0.717) is 25.7 Å². The molecule has 2 saturated carbocycles. The molecule has 0 aromatic heterocycles. The molecule has 164 valence electrons. The molecule has 0 aromatic rings. The van der Waals surface area contributed by atoms with Crippen molar-refractivity contribution in [2.24, 2.45) is 11.3 Å². The van der Waals surface area contributed by atoms with E-state index in [1.165, 1.54) is 20.8 Å². The van der Waals surface area contributed by atoms with Crippen LogP contribution in [0.1, 0.15) is 74.1 Å². The predicted molar refractivity (Wildman–Crippen MR) is 106 cm³/mol. The fourth-order valence-electron chi connectivity index (χ4n) is 4.75. The van der Waals surface area contributed by atoms with Crippen LogP contribution < -0.4 is 0 Å². The summed E-state index contributed by atoms with van der Waals surface area (Å²) in [6.07, 6.45) is -0.155. The zero-order valence-electron chi connectivity index (χ0n) is 18.5. The van der Waals surface area contributed by atoms with Crippen LogP contribution in [0.3, 0.4) is 0 Å². The molecule has 7 heteroatoms. The van der Waals surface area contributed by atoms with Crippen molar-refractivity contribution in [3.8, 4) is 0 Å². The number of allylic oxidation sites excluding steroid dienone is 2. The largest absolute Gasteiger partial charge is 0.459 e. The molecular formula is C22H34O7. The van der Waals surface area contributed by atoms with Crippen LogP contribution in [0.5, 0.6) is 0 Å². The number of carbonyl (C=O) groups excluding carboxylic acids is 3. The van der Waals surface area contributed by atoms with E-state index in [9.17, 15) is 24.6 Å². The number of rotatable bonds is 4. The molecule has 0 aliphatic heterocycles. The van der Waals surface area contributed by atoms with Gasteiger partial charge in [-0.05, 0) is 64.9 Å². The van der Waals surface area contributed by atoms with Gasteiger partial charge in [-0.25, -0.2) is 4.79 Å². The molecule has 0 radical (unpaired) electrons. The van der Waals surface area contributed by atoms with Crippen molar-refractivity contribution in [2.75, 3.05) is 0 Å². The third kappa shape index (κ3) is 4.40. The summed E-state index contributed by atoms with van der Waals surface area (Å²) in [7, 11) is 0. The lowest BCUT2D eigenvalue weighted by atomic mass is 9.53. The van der Waals surface area contributed by atoms with Crippen molar-refractivity contribution in [1.29, 1.82) is 0 Å². The Bertz CT molecular complexity index is 729. The Balaban J connectivity index is 2.24. The average Bonchev–Trinajstić information content (AvgIpc) is 2.55. The molecule has 7 nitrogen and oxygen atoms in total. The molecule has 2 aliphatic carbocycles. The first-order valence-corrected chi connectivity index (χ1v) is 10.2. The number of carbonyl (C=O) groups is 3. The summed E-state index contributed by atoms with van der Waals surface area (Å²) < 4.78 is 10.5. The quantitative estimate of drug-likeness (QED) is 0.541. The first-order valence-electron chi connectivity index (χ1n) is 10.2. The van der Waals surface area contributed by atoms with E-state index in [1.54, 1.807) is 6.92 Å². The summed E-state index contributed by atoms with van der Waals surface area (Å²) in [6, 6.07) is 0. The maximum absolute atomic E-state index is 12.7. The van der Waals surface area contributed by atoms with Gasteiger partial charge in [0.25, 0.3) is 0 Å². The van der Waals surface area contributed by atoms with Crippen LogP contribution in [0, 0.1) is 11.3 Å². The van der Waals surface area contributed by atoms with Crippen molar-refractivity contribution in [3.05, 3.63) is 11.1 Å². The molecule has 0 heterocycles. The zero-order chi connectivity index (χ0) is 22.4. The highest BCUT2D eigenvalue weighted by Gasteiger charge is 2.58. The first kappa shape index (κ1) is 23.5. The molecule has 0 unspecified atom stereocenters. The van der Waals surface area contributed by atoms with Crippen LogP contribution in [0.25, 0.3) is 0 Å². The van der Waals surface area contributed by atoms with Gasteiger partial charge in [0.05, 0.1) is 0 Å². The van der Waals surface area contributed by atoms with E-state index in [4.69, 9.17) is 9.47 Å². The van der Waals surface area contributed by atoms with Crippen molar-refractivity contribution >= 4 is 17.7 Å². The van der Waals surface area contributed by atoms with Gasteiger partial charge in [0.2, 0.25) is 0 Å². The molecular weight excluding hydrogens is 376 g/mol. The number of Topliss-reactive ketones (excluding diaryl/α,β-unsaturated/α-hetero) is 1. The number of ketones is 1. The average molecular weight is 411 g/mol. The molecule has 0 bridgehead atoms. The lowest BCUT2D eigenvalue weighted by Gasteiger charge is -2.55. The number of fused-ring (bicyclic) bond motifs is 1. The minimum atomic E-state index is -2.05. The number of hydrogen-bond donors (Lipinski definition) is 2. The smallest absolute Gasteiger partial charge is 0.342 e. The van der Waals surface area contributed by atoms with Gasteiger partial charge in [-0.1, -0.05) is 12.5 Å². The molecule has 0 spiro atoms. The monoisotopic (exact) mass is 410 g/mol. The second kappa shape index (κ2) is 7.84. The van der Waals surface area contributed by atoms with Gasteiger partial charge in [-0.3, -0.25) is 9.59 Å². The van der Waals surface area contributed by atoms with Crippen LogP contribution in [0.2, 0.25) is 0 Å². The van der Waals surface area contributed by atoms with E-state index in [2.05, 4.69) is 0 Å². The van der Waals surface area contributed by atoms with E-state index >= 15 is 0 Å². The van der Waals surface area contributed by atoms with E-state index in [0.717, 1.165) is 11.1 Å². The molecule has 0 amide bonds. The molecule has 29 heavy (non-hydrogen) atoms. The zero-order valence-corrected chi connectivity index (χ0v) is 18.5. The maximum atomic E-state index is 12.7. The summed E-state index contributed by atoms with van der Waals surface area (Å²) in [4.78, 5) is 36.4. The summed E-state index contributed by atoms with van der Waals surface area (Å²) in [5.74, 6) is -1.71. The van der Waals surface area contributed by atoms with Gasteiger partial charge >= 0.3 is 11.9 Å². The Morgan fingerprint density at radius 3 is 2.34 bits per heavy atom. The third-order valence-electron chi connectivity index (χ3n) is 6.89. The standard InChI is InChI=1S/C22H34O7/c1-12(2)15-10-17-20(5,11-16(15)24)9-8-18(22(17,7)27)29-19(25)21(6,26)13(3)28-14(4)23/h13,17-18,26-27H,8-11H2,1-7H3/t13-,17+,18+,20+,21-,22-/m0/s1. The summed E-state index contributed by atoms with van der Waals surface area (Å²) in [6.45, 7) is 11.2. The molecule has 2 fully saturated rings. The molecule has 0 aromatic carbocycles. The van der Waals surface area contributed by atoms with Crippen molar-refractivity contribution in [1.82, 2.24) is 0 Å². The van der Waals surface area contributed by atoms with Crippen LogP contribution >= 0.6 is 0 Å². The summed E-state index contributed by atoms with van der Waals surface area (Å²) >= 11 is 0. The minimum Gasteiger partial charge on any atom is -0.459 e. The highest BCUT2D eigenvalue weighted by Crippen LogP contribution is 2.55. The second-order valence-electron chi connectivity index (χ2n) is 9.55. The van der Waals surface area contributed by atoms with E-state index < -0.39 is 35.3 Å². The van der Waals surface area contributed by atoms with Crippen LogP contribution in [0.4, 0.5) is 0 Å². The van der Waals surface area contributed by atoms with Gasteiger partial charge in [0.1, 0.15) is 17.8 Å². The Morgan fingerprint density at radius 1 is 1.24 bits per heavy atom. The Hall–Kier alpha value is -1.73. The minimum absolute atomic E-state index is 0.119. The molecule has 6 atom stereocenters. The highest BCUT2D eigenvalue weighted by atomic mass is 16.6. The van der Waals surface area contributed by atoms with Gasteiger partial charge in [-0.15, -0.1) is 0 Å². The Kier molecular flexibility index (Phi) is 6.36. The molecule has 2 aliphatic rings. The lowest BCUT2D eigenvalue weighted by Crippen LogP contribution is -2.61. The molecule has 2 N–H and O–H groups in total. The highest BCUT2D eigenvalue weighted by molar-refractivity contribution is 5.97. The number of hydrogen-bond acceptors (Lipinski definition) is 7.